The zero-order valence-corrected chi connectivity index (χ0v) is 12.2. The van der Waals surface area contributed by atoms with E-state index in [4.69, 9.17) is 0 Å². The number of hydrogen-bond acceptors (Lipinski definition) is 3. The Balaban J connectivity index is 2.06. The van der Waals surface area contributed by atoms with Crippen molar-refractivity contribution >= 4 is 22.8 Å². The Hall–Kier alpha value is -2.94. The molecule has 22 heavy (non-hydrogen) atoms. The zero-order chi connectivity index (χ0) is 15.4. The van der Waals surface area contributed by atoms with Crippen molar-refractivity contribution in [3.05, 3.63) is 72.6 Å². The third-order valence-electron chi connectivity index (χ3n) is 3.52. The third-order valence-corrected chi connectivity index (χ3v) is 3.52. The van der Waals surface area contributed by atoms with E-state index in [1.54, 1.807) is 18.5 Å². The molecule has 0 N–H and O–H groups in total. The minimum absolute atomic E-state index is 0.374. The minimum atomic E-state index is -0.374. The van der Waals surface area contributed by atoms with Crippen molar-refractivity contribution in [2.45, 2.75) is 0 Å². The van der Waals surface area contributed by atoms with Gasteiger partial charge in [-0.2, -0.15) is 0 Å². The van der Waals surface area contributed by atoms with Crippen molar-refractivity contribution in [2.75, 3.05) is 7.11 Å². The molecular weight excluding hydrogens is 274 g/mol. The van der Waals surface area contributed by atoms with E-state index in [0.29, 0.717) is 0 Å². The SMILES string of the molecule is COC(=O)/C=C/c1ccncc1-c1ccc2ccccc2c1. The maximum Gasteiger partial charge on any atom is 0.330 e. The molecule has 3 nitrogen and oxygen atoms in total. The number of methoxy groups -OCH3 is 1. The van der Waals surface area contributed by atoms with Gasteiger partial charge in [0.25, 0.3) is 0 Å². The highest BCUT2D eigenvalue weighted by molar-refractivity contribution is 5.91. The Labute approximate surface area is 128 Å². The van der Waals surface area contributed by atoms with Crippen LogP contribution in [0.2, 0.25) is 0 Å². The second-order valence-electron chi connectivity index (χ2n) is 4.88. The van der Waals surface area contributed by atoms with Crippen LogP contribution in [0, 0.1) is 0 Å². The number of benzene rings is 2. The monoisotopic (exact) mass is 289 g/mol. The van der Waals surface area contributed by atoms with Gasteiger partial charge in [0, 0.05) is 24.0 Å². The van der Waals surface area contributed by atoms with E-state index < -0.39 is 0 Å². The van der Waals surface area contributed by atoms with Crippen LogP contribution in [-0.2, 0) is 9.53 Å². The largest absolute Gasteiger partial charge is 0.466 e. The van der Waals surface area contributed by atoms with E-state index >= 15 is 0 Å². The first-order chi connectivity index (χ1) is 10.8. The quantitative estimate of drug-likeness (QED) is 0.538. The molecule has 3 rings (SSSR count). The summed E-state index contributed by atoms with van der Waals surface area (Å²) in [5, 5.41) is 2.37. The highest BCUT2D eigenvalue weighted by Crippen LogP contribution is 2.27. The lowest BCUT2D eigenvalue weighted by atomic mass is 9.99. The van der Waals surface area contributed by atoms with Crippen molar-refractivity contribution in [3.8, 4) is 11.1 Å². The molecule has 3 heteroatoms. The van der Waals surface area contributed by atoms with Crippen LogP contribution in [0.3, 0.4) is 0 Å². The highest BCUT2D eigenvalue weighted by atomic mass is 16.5. The summed E-state index contributed by atoms with van der Waals surface area (Å²) in [5.74, 6) is -0.374. The highest BCUT2D eigenvalue weighted by Gasteiger charge is 2.05. The van der Waals surface area contributed by atoms with Crippen molar-refractivity contribution in [3.63, 3.8) is 0 Å². The fraction of sp³-hybridized carbons (Fsp3) is 0.0526. The first-order valence-corrected chi connectivity index (χ1v) is 6.97. The van der Waals surface area contributed by atoms with Gasteiger partial charge in [-0.1, -0.05) is 36.4 Å². The molecule has 0 bridgehead atoms. The minimum Gasteiger partial charge on any atom is -0.466 e. The predicted molar refractivity (Wildman–Crippen MR) is 88.2 cm³/mol. The van der Waals surface area contributed by atoms with Crippen LogP contribution in [0.15, 0.2) is 67.0 Å². The Morgan fingerprint density at radius 1 is 1.09 bits per heavy atom. The van der Waals surface area contributed by atoms with Crippen molar-refractivity contribution < 1.29 is 9.53 Å². The molecule has 0 aliphatic rings. The molecule has 2 aromatic carbocycles. The lowest BCUT2D eigenvalue weighted by Crippen LogP contribution is -1.94. The predicted octanol–water partition coefficient (Wildman–Crippen LogP) is 4.09. The van der Waals surface area contributed by atoms with E-state index in [9.17, 15) is 4.79 Å². The molecule has 0 amide bonds. The normalized spacial score (nSPS) is 11.0. The molecule has 108 valence electrons. The molecule has 0 spiro atoms. The van der Waals surface area contributed by atoms with Crippen molar-refractivity contribution in [2.24, 2.45) is 0 Å². The summed E-state index contributed by atoms with van der Waals surface area (Å²) in [6.07, 6.45) is 6.68. The molecular formula is C19H15NO2. The van der Waals surface area contributed by atoms with Gasteiger partial charge in [-0.25, -0.2) is 4.79 Å². The van der Waals surface area contributed by atoms with Gasteiger partial charge in [-0.3, -0.25) is 4.98 Å². The number of aromatic nitrogens is 1. The van der Waals surface area contributed by atoms with E-state index in [-0.39, 0.29) is 5.97 Å². The molecule has 3 aromatic rings. The molecule has 0 aliphatic heterocycles. The number of fused-ring (bicyclic) bond motifs is 1. The van der Waals surface area contributed by atoms with Gasteiger partial charge in [-0.05, 0) is 40.1 Å². The Bertz CT molecular complexity index is 853. The van der Waals surface area contributed by atoms with Gasteiger partial charge in [0.05, 0.1) is 7.11 Å². The Morgan fingerprint density at radius 2 is 1.91 bits per heavy atom. The average Bonchev–Trinajstić information content (AvgIpc) is 2.59. The van der Waals surface area contributed by atoms with Gasteiger partial charge in [0.1, 0.15) is 0 Å². The van der Waals surface area contributed by atoms with E-state index in [2.05, 4.69) is 40.1 Å². The lowest BCUT2D eigenvalue weighted by Gasteiger charge is -2.07. The number of esters is 1. The fourth-order valence-electron chi connectivity index (χ4n) is 2.37. The topological polar surface area (TPSA) is 39.2 Å². The van der Waals surface area contributed by atoms with E-state index in [1.807, 2.05) is 18.2 Å². The standard InChI is InChI=1S/C19H15NO2/c1-22-19(21)9-8-15-10-11-20-13-18(15)17-7-6-14-4-2-3-5-16(14)12-17/h2-13H,1H3/b9-8+. The molecule has 0 atom stereocenters. The average molecular weight is 289 g/mol. The van der Waals surface area contributed by atoms with Crippen molar-refractivity contribution in [1.82, 2.24) is 4.98 Å². The van der Waals surface area contributed by atoms with Gasteiger partial charge in [0.15, 0.2) is 0 Å². The summed E-state index contributed by atoms with van der Waals surface area (Å²) in [6, 6.07) is 16.4. The molecule has 0 saturated carbocycles. The summed E-state index contributed by atoms with van der Waals surface area (Å²) in [4.78, 5) is 15.5. The number of hydrogen-bond donors (Lipinski definition) is 0. The molecule has 0 saturated heterocycles. The first kappa shape index (κ1) is 14.0. The second-order valence-corrected chi connectivity index (χ2v) is 4.88. The van der Waals surface area contributed by atoms with Gasteiger partial charge < -0.3 is 4.74 Å². The van der Waals surface area contributed by atoms with Crippen LogP contribution >= 0.6 is 0 Å². The van der Waals surface area contributed by atoms with Crippen LogP contribution < -0.4 is 0 Å². The smallest absolute Gasteiger partial charge is 0.330 e. The number of rotatable bonds is 3. The molecule has 0 fully saturated rings. The first-order valence-electron chi connectivity index (χ1n) is 6.97. The summed E-state index contributed by atoms with van der Waals surface area (Å²) in [5.41, 5.74) is 2.97. The van der Waals surface area contributed by atoms with Gasteiger partial charge in [0.2, 0.25) is 0 Å². The summed E-state index contributed by atoms with van der Waals surface area (Å²) < 4.78 is 4.63. The van der Waals surface area contributed by atoms with E-state index in [1.165, 1.54) is 24.0 Å². The van der Waals surface area contributed by atoms with Crippen LogP contribution in [0.4, 0.5) is 0 Å². The number of ether oxygens (including phenoxy) is 1. The molecule has 1 heterocycles. The Kier molecular flexibility index (Phi) is 3.97. The van der Waals surface area contributed by atoms with E-state index in [0.717, 1.165) is 16.7 Å². The number of pyridine rings is 1. The lowest BCUT2D eigenvalue weighted by molar-refractivity contribution is -0.134. The van der Waals surface area contributed by atoms with Crippen LogP contribution in [0.1, 0.15) is 5.56 Å². The van der Waals surface area contributed by atoms with Crippen LogP contribution in [-0.4, -0.2) is 18.1 Å². The van der Waals surface area contributed by atoms with Gasteiger partial charge >= 0.3 is 5.97 Å². The van der Waals surface area contributed by atoms with Crippen LogP contribution in [0.5, 0.6) is 0 Å². The molecule has 0 radical (unpaired) electrons. The molecule has 0 unspecified atom stereocenters. The number of carbonyl (C=O) groups is 1. The number of carbonyl (C=O) groups excluding carboxylic acids is 1. The fourth-order valence-corrected chi connectivity index (χ4v) is 2.37. The summed E-state index contributed by atoms with van der Waals surface area (Å²) >= 11 is 0. The molecule has 1 aromatic heterocycles. The zero-order valence-electron chi connectivity index (χ0n) is 12.2. The molecule has 0 aliphatic carbocycles. The maximum atomic E-state index is 11.3. The third kappa shape index (κ3) is 2.88. The summed E-state index contributed by atoms with van der Waals surface area (Å²) in [7, 11) is 1.36. The van der Waals surface area contributed by atoms with Crippen LogP contribution in [0.25, 0.3) is 28.0 Å². The second kappa shape index (κ2) is 6.22. The number of nitrogens with zero attached hydrogens (tertiary/aromatic N) is 1. The van der Waals surface area contributed by atoms with Gasteiger partial charge in [-0.15, -0.1) is 0 Å². The summed E-state index contributed by atoms with van der Waals surface area (Å²) in [6.45, 7) is 0. The Morgan fingerprint density at radius 3 is 2.73 bits per heavy atom. The maximum absolute atomic E-state index is 11.3. The van der Waals surface area contributed by atoms with Crippen molar-refractivity contribution in [1.29, 1.82) is 0 Å².